The van der Waals surface area contributed by atoms with Crippen molar-refractivity contribution in [2.24, 2.45) is 10.2 Å². The summed E-state index contributed by atoms with van der Waals surface area (Å²) in [5.74, 6) is -0.240. The summed E-state index contributed by atoms with van der Waals surface area (Å²) in [6.07, 6.45) is 1.68. The van der Waals surface area contributed by atoms with E-state index in [0.717, 1.165) is 24.1 Å². The molecule has 3 rings (SSSR count). The minimum atomic E-state index is -0.284. The fourth-order valence-electron chi connectivity index (χ4n) is 2.77. The Morgan fingerprint density at radius 1 is 1.40 bits per heavy atom. The maximum Gasteiger partial charge on any atom is 0.221 e. The number of nitrogens with one attached hydrogen (secondary N) is 1. The van der Waals surface area contributed by atoms with E-state index >= 15 is 0 Å². The number of fused-ring (bicyclic) bond motifs is 3. The van der Waals surface area contributed by atoms with Gasteiger partial charge < -0.3 is 5.32 Å². The highest BCUT2D eigenvalue weighted by Gasteiger charge is 2.41. The Kier molecular flexibility index (Phi) is 2.97. The van der Waals surface area contributed by atoms with Crippen molar-refractivity contribution in [1.29, 1.82) is 0 Å². The van der Waals surface area contributed by atoms with E-state index in [0.29, 0.717) is 16.8 Å². The molecule has 1 amide bonds. The molecular formula is C15H15N3O2. The molecule has 1 N–H and O–H groups in total. The number of Topliss-reactive ketones (excluding diaryl/α,β-unsaturated/α-hetero) is 1. The molecule has 2 aliphatic rings. The van der Waals surface area contributed by atoms with Crippen LogP contribution in [-0.2, 0) is 4.79 Å². The first-order valence-corrected chi connectivity index (χ1v) is 6.72. The third kappa shape index (κ3) is 1.78. The van der Waals surface area contributed by atoms with Crippen LogP contribution in [0.25, 0.3) is 0 Å². The van der Waals surface area contributed by atoms with Crippen LogP contribution in [0.15, 0.2) is 39.7 Å². The monoisotopic (exact) mass is 269 g/mol. The van der Waals surface area contributed by atoms with E-state index < -0.39 is 0 Å². The van der Waals surface area contributed by atoms with Crippen molar-refractivity contribution in [3.05, 3.63) is 40.6 Å². The zero-order chi connectivity index (χ0) is 14.3. The Morgan fingerprint density at radius 3 is 2.90 bits per heavy atom. The summed E-state index contributed by atoms with van der Waals surface area (Å²) >= 11 is 0. The fraction of sp³-hybridized carbons (Fsp3) is 0.333. The highest BCUT2D eigenvalue weighted by Crippen LogP contribution is 2.47. The maximum atomic E-state index is 12.6. The molecule has 0 bridgehead atoms. The second-order valence-corrected chi connectivity index (χ2v) is 5.01. The molecule has 1 aromatic rings. The molecule has 20 heavy (non-hydrogen) atoms. The number of hydrogen-bond acceptors (Lipinski definition) is 4. The van der Waals surface area contributed by atoms with Gasteiger partial charge in [0.2, 0.25) is 5.91 Å². The molecule has 0 fully saturated rings. The number of nitrogens with zero attached hydrogens (tertiary/aromatic N) is 2. The van der Waals surface area contributed by atoms with E-state index in [9.17, 15) is 9.59 Å². The van der Waals surface area contributed by atoms with Crippen molar-refractivity contribution in [3.8, 4) is 0 Å². The van der Waals surface area contributed by atoms with Crippen LogP contribution in [0, 0.1) is 0 Å². The van der Waals surface area contributed by atoms with Gasteiger partial charge in [-0.1, -0.05) is 25.5 Å². The molecule has 1 atom stereocenters. The SMILES string of the molecule is CCCC1=C2C(=O)c3c(NC(C)=O)cccc3C2N=N1. The summed E-state index contributed by atoms with van der Waals surface area (Å²) in [6, 6.07) is 5.17. The van der Waals surface area contributed by atoms with Gasteiger partial charge in [0.25, 0.3) is 0 Å². The minimum Gasteiger partial charge on any atom is -0.326 e. The largest absolute Gasteiger partial charge is 0.326 e. The lowest BCUT2D eigenvalue weighted by Gasteiger charge is -2.07. The molecule has 5 heteroatoms. The molecule has 1 aromatic carbocycles. The molecule has 1 aliphatic heterocycles. The van der Waals surface area contributed by atoms with Crippen LogP contribution in [0.2, 0.25) is 0 Å². The van der Waals surface area contributed by atoms with Crippen LogP contribution in [0.5, 0.6) is 0 Å². The topological polar surface area (TPSA) is 70.9 Å². The van der Waals surface area contributed by atoms with Crippen molar-refractivity contribution in [3.63, 3.8) is 0 Å². The molecule has 1 unspecified atom stereocenters. The average molecular weight is 269 g/mol. The Morgan fingerprint density at radius 2 is 2.20 bits per heavy atom. The van der Waals surface area contributed by atoms with Gasteiger partial charge in [-0.15, -0.1) is 0 Å². The number of hydrogen-bond donors (Lipinski definition) is 1. The summed E-state index contributed by atoms with van der Waals surface area (Å²) in [6.45, 7) is 3.48. The molecule has 1 aliphatic carbocycles. The molecule has 5 nitrogen and oxygen atoms in total. The van der Waals surface area contributed by atoms with Gasteiger partial charge in [-0.25, -0.2) is 0 Å². The van der Waals surface area contributed by atoms with E-state index in [-0.39, 0.29) is 17.7 Å². The number of rotatable bonds is 3. The van der Waals surface area contributed by atoms with Crippen LogP contribution in [-0.4, -0.2) is 11.7 Å². The Labute approximate surface area is 116 Å². The smallest absolute Gasteiger partial charge is 0.221 e. The molecular weight excluding hydrogens is 254 g/mol. The van der Waals surface area contributed by atoms with E-state index in [2.05, 4.69) is 15.5 Å². The highest BCUT2D eigenvalue weighted by molar-refractivity contribution is 6.19. The number of allylic oxidation sites excluding steroid dienone is 1. The molecule has 1 heterocycles. The summed E-state index contributed by atoms with van der Waals surface area (Å²) in [7, 11) is 0. The maximum absolute atomic E-state index is 12.6. The van der Waals surface area contributed by atoms with Gasteiger partial charge in [0.05, 0.1) is 22.5 Å². The Hall–Kier alpha value is -2.30. The normalized spacial score (nSPS) is 19.3. The first kappa shape index (κ1) is 12.7. The van der Waals surface area contributed by atoms with Gasteiger partial charge in [0.15, 0.2) is 5.78 Å². The molecule has 0 aromatic heterocycles. The summed E-state index contributed by atoms with van der Waals surface area (Å²) < 4.78 is 0. The zero-order valence-corrected chi connectivity index (χ0v) is 11.4. The number of benzene rings is 1. The van der Waals surface area contributed by atoms with Crippen molar-refractivity contribution in [1.82, 2.24) is 0 Å². The highest BCUT2D eigenvalue weighted by atomic mass is 16.1. The quantitative estimate of drug-likeness (QED) is 0.913. The Bertz CT molecular complexity index is 674. The molecule has 0 saturated heterocycles. The third-order valence-corrected chi connectivity index (χ3v) is 3.54. The predicted molar refractivity (Wildman–Crippen MR) is 74.6 cm³/mol. The lowest BCUT2D eigenvalue weighted by atomic mass is 10.0. The van der Waals surface area contributed by atoms with Crippen molar-refractivity contribution >= 4 is 17.4 Å². The van der Waals surface area contributed by atoms with Gasteiger partial charge >= 0.3 is 0 Å². The summed E-state index contributed by atoms with van der Waals surface area (Å²) in [5, 5.41) is 11.1. The first-order valence-electron chi connectivity index (χ1n) is 6.72. The molecule has 0 spiro atoms. The fourth-order valence-corrected chi connectivity index (χ4v) is 2.77. The standard InChI is InChI=1S/C15H15N3O2/c1-3-5-11-13-14(18-17-11)9-6-4-7-10(16-8(2)19)12(9)15(13)20/h4,6-7,14H,3,5H2,1-2H3,(H,16,19). The third-order valence-electron chi connectivity index (χ3n) is 3.54. The average Bonchev–Trinajstić information content (AvgIpc) is 2.92. The minimum absolute atomic E-state index is 0.0530. The summed E-state index contributed by atoms with van der Waals surface area (Å²) in [4.78, 5) is 23.9. The number of amides is 1. The van der Waals surface area contributed by atoms with Crippen molar-refractivity contribution < 1.29 is 9.59 Å². The molecule has 0 saturated carbocycles. The van der Waals surface area contributed by atoms with Gasteiger partial charge in [0, 0.05) is 6.92 Å². The van der Waals surface area contributed by atoms with Crippen molar-refractivity contribution in [2.45, 2.75) is 32.7 Å². The lowest BCUT2D eigenvalue weighted by Crippen LogP contribution is -2.10. The number of azo groups is 1. The number of ketones is 1. The van der Waals surface area contributed by atoms with E-state index in [1.54, 1.807) is 6.07 Å². The van der Waals surface area contributed by atoms with Gasteiger partial charge in [0.1, 0.15) is 6.04 Å². The van der Waals surface area contributed by atoms with Gasteiger partial charge in [-0.3, -0.25) is 9.59 Å². The number of carbonyl (C=O) groups is 2. The molecule has 0 radical (unpaired) electrons. The van der Waals surface area contributed by atoms with E-state index in [4.69, 9.17) is 0 Å². The second-order valence-electron chi connectivity index (χ2n) is 5.01. The van der Waals surface area contributed by atoms with Crippen LogP contribution in [0.1, 0.15) is 48.7 Å². The van der Waals surface area contributed by atoms with E-state index in [1.165, 1.54) is 6.92 Å². The van der Waals surface area contributed by atoms with Crippen LogP contribution in [0.4, 0.5) is 5.69 Å². The van der Waals surface area contributed by atoms with Crippen LogP contribution < -0.4 is 5.32 Å². The first-order chi connectivity index (χ1) is 9.63. The number of carbonyl (C=O) groups excluding carboxylic acids is 2. The summed E-state index contributed by atoms with van der Waals surface area (Å²) in [5.41, 5.74) is 3.43. The van der Waals surface area contributed by atoms with E-state index in [1.807, 2.05) is 19.1 Å². The van der Waals surface area contributed by atoms with Gasteiger partial charge in [-0.05, 0) is 18.1 Å². The molecule has 102 valence electrons. The van der Waals surface area contributed by atoms with Crippen LogP contribution >= 0.6 is 0 Å². The van der Waals surface area contributed by atoms with Crippen molar-refractivity contribution in [2.75, 3.05) is 5.32 Å². The Balaban J connectivity index is 2.11. The predicted octanol–water partition coefficient (Wildman–Crippen LogP) is 3.40. The van der Waals surface area contributed by atoms with Gasteiger partial charge in [-0.2, -0.15) is 10.2 Å². The number of anilines is 1. The second kappa shape index (κ2) is 4.67. The zero-order valence-electron chi connectivity index (χ0n) is 11.4. The lowest BCUT2D eigenvalue weighted by molar-refractivity contribution is -0.114. The van der Waals surface area contributed by atoms with Crippen LogP contribution in [0.3, 0.4) is 0 Å².